The summed E-state index contributed by atoms with van der Waals surface area (Å²) in [6, 6.07) is 10.7. The van der Waals surface area contributed by atoms with Crippen molar-refractivity contribution in [3.63, 3.8) is 0 Å². The number of rotatable bonds is 3. The fourth-order valence-electron chi connectivity index (χ4n) is 1.92. The monoisotopic (exact) mass is 375 g/mol. The smallest absolute Gasteiger partial charge is 0.418 e. The Morgan fingerprint density at radius 3 is 2.48 bits per heavy atom. The maximum Gasteiger partial charge on any atom is 0.418 e. The quantitative estimate of drug-likeness (QED) is 0.564. The molecule has 2 aromatic rings. The van der Waals surface area contributed by atoms with Crippen LogP contribution >= 0.6 is 15.9 Å². The highest BCUT2D eigenvalue weighted by atomic mass is 79.9. The molecule has 0 bridgehead atoms. The molecule has 1 heterocycles. The molecule has 0 saturated carbocycles. The van der Waals surface area contributed by atoms with E-state index in [1.165, 1.54) is 10.6 Å². The number of nitrogens with zero attached hydrogens (tertiary/aromatic N) is 1. The predicted octanol–water partition coefficient (Wildman–Crippen LogP) is 4.93. The summed E-state index contributed by atoms with van der Waals surface area (Å²) in [5.74, 6) is -0.144. The van der Waals surface area contributed by atoms with Crippen molar-refractivity contribution in [3.8, 4) is 0 Å². The van der Waals surface area contributed by atoms with E-state index in [9.17, 15) is 9.59 Å². The number of hydrogen-bond donors (Lipinski definition) is 0. The molecule has 0 spiro atoms. The Morgan fingerprint density at radius 2 is 1.83 bits per heavy atom. The Hall–Kier alpha value is -2.14. The molecule has 0 aliphatic rings. The average molecular weight is 376 g/mol. The van der Waals surface area contributed by atoms with Crippen LogP contribution in [0.25, 0.3) is 6.08 Å². The number of carbonyl (C=O) groups excluding carboxylic acids is 2. The lowest BCUT2D eigenvalue weighted by atomic mass is 10.1. The van der Waals surface area contributed by atoms with Crippen molar-refractivity contribution >= 4 is 33.9 Å². The molecule has 0 aliphatic carbocycles. The van der Waals surface area contributed by atoms with Gasteiger partial charge in [0.2, 0.25) is 0 Å². The van der Waals surface area contributed by atoms with Gasteiger partial charge in [0.05, 0.1) is 5.69 Å². The van der Waals surface area contributed by atoms with Crippen molar-refractivity contribution in [2.75, 3.05) is 0 Å². The van der Waals surface area contributed by atoms with Crippen molar-refractivity contribution in [3.05, 3.63) is 64.4 Å². The molecule has 0 radical (unpaired) electrons. The summed E-state index contributed by atoms with van der Waals surface area (Å²) in [5.41, 5.74) is 0.575. The third-order valence-electron chi connectivity index (χ3n) is 2.92. The molecule has 0 N–H and O–H groups in total. The van der Waals surface area contributed by atoms with Crippen LogP contribution in [0.3, 0.4) is 0 Å². The fraction of sp³-hybridized carbons (Fsp3) is 0.222. The van der Waals surface area contributed by atoms with E-state index in [1.807, 2.05) is 12.1 Å². The second kappa shape index (κ2) is 6.96. The van der Waals surface area contributed by atoms with Gasteiger partial charge in [-0.15, -0.1) is 0 Å². The van der Waals surface area contributed by atoms with Crippen molar-refractivity contribution in [1.82, 2.24) is 4.57 Å². The van der Waals surface area contributed by atoms with Crippen LogP contribution in [0.5, 0.6) is 0 Å². The second-order valence-electron chi connectivity index (χ2n) is 5.96. The van der Waals surface area contributed by atoms with Gasteiger partial charge in [0.15, 0.2) is 5.78 Å². The van der Waals surface area contributed by atoms with Crippen LogP contribution in [0.2, 0.25) is 0 Å². The minimum absolute atomic E-state index is 0.144. The van der Waals surface area contributed by atoms with Gasteiger partial charge in [-0.25, -0.2) is 4.79 Å². The van der Waals surface area contributed by atoms with Crippen LogP contribution in [-0.2, 0) is 4.74 Å². The highest BCUT2D eigenvalue weighted by Crippen LogP contribution is 2.18. The summed E-state index contributed by atoms with van der Waals surface area (Å²) in [4.78, 5) is 24.4. The van der Waals surface area contributed by atoms with Gasteiger partial charge in [-0.3, -0.25) is 9.36 Å². The summed E-state index contributed by atoms with van der Waals surface area (Å²) >= 11 is 3.35. The highest BCUT2D eigenvalue weighted by molar-refractivity contribution is 9.10. The molecule has 0 aliphatic heterocycles. The van der Waals surface area contributed by atoms with Gasteiger partial charge in [0, 0.05) is 16.2 Å². The van der Waals surface area contributed by atoms with Gasteiger partial charge in [0.1, 0.15) is 5.60 Å². The van der Waals surface area contributed by atoms with E-state index in [2.05, 4.69) is 15.9 Å². The molecule has 0 saturated heterocycles. The number of benzene rings is 1. The van der Waals surface area contributed by atoms with Gasteiger partial charge in [0.25, 0.3) is 0 Å². The van der Waals surface area contributed by atoms with Gasteiger partial charge in [-0.2, -0.15) is 0 Å². The molecule has 120 valence electrons. The van der Waals surface area contributed by atoms with Crippen molar-refractivity contribution in [2.45, 2.75) is 26.4 Å². The average Bonchev–Trinajstić information content (AvgIpc) is 2.92. The molecule has 5 heteroatoms. The molecule has 2 rings (SSSR count). The standard InChI is InChI=1S/C18H18BrNO3/c1-18(2,3)23-17(22)20-12-6-7-13(20)10-11-16(21)14-8-4-5-9-15(14)19/h4-12H,1-3H3. The minimum atomic E-state index is -0.576. The number of halogens is 1. The molecule has 0 unspecified atom stereocenters. The van der Waals surface area contributed by atoms with Crippen LogP contribution in [0.15, 0.2) is 53.1 Å². The third kappa shape index (κ3) is 4.66. The number of aromatic nitrogens is 1. The summed E-state index contributed by atoms with van der Waals surface area (Å²) in [6.07, 6.45) is 4.18. The highest BCUT2D eigenvalue weighted by Gasteiger charge is 2.18. The Balaban J connectivity index is 2.19. The summed E-state index contributed by atoms with van der Waals surface area (Å²) in [5, 5.41) is 0. The summed E-state index contributed by atoms with van der Waals surface area (Å²) < 4.78 is 7.43. The van der Waals surface area contributed by atoms with Crippen LogP contribution in [0, 0.1) is 0 Å². The molecular formula is C18H18BrNO3. The van der Waals surface area contributed by atoms with E-state index in [-0.39, 0.29) is 5.78 Å². The van der Waals surface area contributed by atoms with Crippen molar-refractivity contribution in [2.24, 2.45) is 0 Å². The van der Waals surface area contributed by atoms with Crippen LogP contribution in [0.1, 0.15) is 36.8 Å². The van der Waals surface area contributed by atoms with E-state index in [1.54, 1.807) is 57.3 Å². The first-order valence-corrected chi connectivity index (χ1v) is 7.95. The summed E-state index contributed by atoms with van der Waals surface area (Å²) in [7, 11) is 0. The van der Waals surface area contributed by atoms with Gasteiger partial charge < -0.3 is 4.74 Å². The normalized spacial score (nSPS) is 11.7. The SMILES string of the molecule is CC(C)(C)OC(=O)n1cccc1C=CC(=O)c1ccccc1Br. The number of ketones is 1. The second-order valence-corrected chi connectivity index (χ2v) is 6.82. The van der Waals surface area contributed by atoms with Crippen LogP contribution in [0.4, 0.5) is 4.79 Å². The fourth-order valence-corrected chi connectivity index (χ4v) is 2.40. The van der Waals surface area contributed by atoms with E-state index in [0.29, 0.717) is 11.3 Å². The summed E-state index contributed by atoms with van der Waals surface area (Å²) in [6.45, 7) is 5.42. The first kappa shape index (κ1) is 17.2. The Kier molecular flexibility index (Phi) is 5.21. The van der Waals surface area contributed by atoms with E-state index in [0.717, 1.165) is 4.47 Å². The zero-order chi connectivity index (χ0) is 17.0. The molecular weight excluding hydrogens is 358 g/mol. The molecule has 23 heavy (non-hydrogen) atoms. The largest absolute Gasteiger partial charge is 0.443 e. The molecule has 0 fully saturated rings. The molecule has 4 nitrogen and oxygen atoms in total. The van der Waals surface area contributed by atoms with Crippen LogP contribution < -0.4 is 0 Å². The zero-order valence-corrected chi connectivity index (χ0v) is 14.8. The molecule has 1 aromatic heterocycles. The minimum Gasteiger partial charge on any atom is -0.443 e. The van der Waals surface area contributed by atoms with Gasteiger partial charge in [-0.1, -0.05) is 28.1 Å². The van der Waals surface area contributed by atoms with E-state index >= 15 is 0 Å². The van der Waals surface area contributed by atoms with E-state index in [4.69, 9.17) is 4.74 Å². The van der Waals surface area contributed by atoms with Gasteiger partial charge in [-0.05, 0) is 57.2 Å². The third-order valence-corrected chi connectivity index (χ3v) is 3.61. The number of carbonyl (C=O) groups is 2. The van der Waals surface area contributed by atoms with Gasteiger partial charge >= 0.3 is 6.09 Å². The predicted molar refractivity (Wildman–Crippen MR) is 93.6 cm³/mol. The zero-order valence-electron chi connectivity index (χ0n) is 13.2. The van der Waals surface area contributed by atoms with Crippen LogP contribution in [-0.4, -0.2) is 22.0 Å². The van der Waals surface area contributed by atoms with Crippen molar-refractivity contribution < 1.29 is 14.3 Å². The Labute approximate surface area is 143 Å². The topological polar surface area (TPSA) is 48.3 Å². The number of ether oxygens (including phenoxy) is 1. The first-order valence-electron chi connectivity index (χ1n) is 7.15. The lowest BCUT2D eigenvalue weighted by molar-refractivity contribution is 0.0536. The molecule has 1 aromatic carbocycles. The maximum absolute atomic E-state index is 12.2. The lowest BCUT2D eigenvalue weighted by Crippen LogP contribution is -2.27. The first-order chi connectivity index (χ1) is 10.8. The Morgan fingerprint density at radius 1 is 1.13 bits per heavy atom. The molecule has 0 atom stereocenters. The lowest BCUT2D eigenvalue weighted by Gasteiger charge is -2.20. The van der Waals surface area contributed by atoms with Crippen molar-refractivity contribution in [1.29, 1.82) is 0 Å². The Bertz CT molecular complexity index is 754. The number of hydrogen-bond acceptors (Lipinski definition) is 3. The molecule has 0 amide bonds. The maximum atomic E-state index is 12.2. The van der Waals surface area contributed by atoms with E-state index < -0.39 is 11.7 Å². The number of allylic oxidation sites excluding steroid dienone is 1.